The van der Waals surface area contributed by atoms with Crippen LogP contribution in [0, 0.1) is 0 Å². The van der Waals surface area contributed by atoms with E-state index in [1.807, 2.05) is 24.3 Å². The van der Waals surface area contributed by atoms with E-state index in [1.54, 1.807) is 18.2 Å². The normalized spacial score (nSPS) is 12.0. The lowest BCUT2D eigenvalue weighted by atomic mass is 9.92. The maximum Gasteiger partial charge on any atom is 0.313 e. The van der Waals surface area contributed by atoms with Gasteiger partial charge in [0.15, 0.2) is 0 Å². The molecule has 0 fully saturated rings. The Kier molecular flexibility index (Phi) is 5.68. The topological polar surface area (TPSA) is 26.3 Å². The summed E-state index contributed by atoms with van der Waals surface area (Å²) < 4.78 is 5.87. The molecule has 2 aromatic carbocycles. The Morgan fingerprint density at radius 1 is 1.24 bits per heavy atom. The van der Waals surface area contributed by atoms with E-state index in [0.717, 1.165) is 10.0 Å². The van der Waals surface area contributed by atoms with E-state index in [9.17, 15) is 4.79 Å². The summed E-state index contributed by atoms with van der Waals surface area (Å²) in [6.45, 7) is 0. The minimum atomic E-state index is -0.474. The molecule has 0 heterocycles. The van der Waals surface area contributed by atoms with Gasteiger partial charge >= 0.3 is 5.97 Å². The first-order valence-corrected chi connectivity index (χ1v) is 7.84. The molecule has 5 heteroatoms. The first-order valence-electron chi connectivity index (χ1n) is 6.29. The Balaban J connectivity index is 2.40. The van der Waals surface area contributed by atoms with Crippen LogP contribution >= 0.6 is 39.1 Å². The van der Waals surface area contributed by atoms with E-state index in [4.69, 9.17) is 27.9 Å². The largest absolute Gasteiger partial charge is 0.469 e. The van der Waals surface area contributed by atoms with E-state index < -0.39 is 5.92 Å². The second-order valence-corrected chi connectivity index (χ2v) is 6.24. The molecule has 0 aliphatic carbocycles. The molecule has 0 aromatic heterocycles. The average Bonchev–Trinajstić information content (AvgIpc) is 2.46. The van der Waals surface area contributed by atoms with Crippen molar-refractivity contribution in [3.63, 3.8) is 0 Å². The van der Waals surface area contributed by atoms with Gasteiger partial charge in [-0.1, -0.05) is 63.4 Å². The van der Waals surface area contributed by atoms with E-state index in [-0.39, 0.29) is 5.97 Å². The molecule has 2 nitrogen and oxygen atoms in total. The van der Waals surface area contributed by atoms with Crippen LogP contribution in [0.15, 0.2) is 46.9 Å². The lowest BCUT2D eigenvalue weighted by Gasteiger charge is -2.17. The number of methoxy groups -OCH3 is 1. The minimum absolute atomic E-state index is 0.324. The summed E-state index contributed by atoms with van der Waals surface area (Å²) in [6.07, 6.45) is 0.495. The molecule has 0 spiro atoms. The second kappa shape index (κ2) is 7.30. The van der Waals surface area contributed by atoms with E-state index >= 15 is 0 Å². The third-order valence-electron chi connectivity index (χ3n) is 3.21. The van der Waals surface area contributed by atoms with Crippen molar-refractivity contribution in [2.45, 2.75) is 12.3 Å². The molecular formula is C16H13BrCl2O2. The zero-order valence-corrected chi connectivity index (χ0v) is 14.4. The predicted octanol–water partition coefficient (Wildman–Crippen LogP) is 5.26. The van der Waals surface area contributed by atoms with Crippen LogP contribution in [0.3, 0.4) is 0 Å². The van der Waals surface area contributed by atoms with Gasteiger partial charge < -0.3 is 4.74 Å². The maximum absolute atomic E-state index is 12.1. The molecule has 2 rings (SSSR count). The SMILES string of the molecule is COC(=O)C(Cc1ccccc1Br)c1ccc(Cl)cc1Cl. The number of esters is 1. The number of hydrogen-bond donors (Lipinski definition) is 0. The van der Waals surface area contributed by atoms with Crippen LogP contribution in [0.2, 0.25) is 10.0 Å². The van der Waals surface area contributed by atoms with Gasteiger partial charge in [0.2, 0.25) is 0 Å². The highest BCUT2D eigenvalue weighted by atomic mass is 79.9. The fraction of sp³-hybridized carbons (Fsp3) is 0.188. The van der Waals surface area contributed by atoms with Crippen LogP contribution in [-0.2, 0) is 16.0 Å². The predicted molar refractivity (Wildman–Crippen MR) is 89.1 cm³/mol. The number of hydrogen-bond acceptors (Lipinski definition) is 2. The first-order chi connectivity index (χ1) is 10.0. The van der Waals surface area contributed by atoms with Crippen LogP contribution in [0.5, 0.6) is 0 Å². The van der Waals surface area contributed by atoms with Crippen LogP contribution in [0.25, 0.3) is 0 Å². The molecule has 0 radical (unpaired) electrons. The van der Waals surface area contributed by atoms with Crippen molar-refractivity contribution in [2.75, 3.05) is 7.11 Å². The third kappa shape index (κ3) is 4.00. The van der Waals surface area contributed by atoms with Crippen molar-refractivity contribution in [2.24, 2.45) is 0 Å². The Morgan fingerprint density at radius 3 is 2.57 bits per heavy atom. The quantitative estimate of drug-likeness (QED) is 0.669. The van der Waals surface area contributed by atoms with Gasteiger partial charge in [-0.2, -0.15) is 0 Å². The Bertz CT molecular complexity index is 658. The monoisotopic (exact) mass is 386 g/mol. The van der Waals surface area contributed by atoms with E-state index in [0.29, 0.717) is 22.0 Å². The standard InChI is InChI=1S/C16H13BrCl2O2/c1-21-16(20)13(8-10-4-2-3-5-14(10)17)12-7-6-11(18)9-15(12)19/h2-7,9,13H,8H2,1H3. The van der Waals surface area contributed by atoms with Gasteiger partial charge in [-0.3, -0.25) is 4.79 Å². The van der Waals surface area contributed by atoms with Gasteiger partial charge in [-0.15, -0.1) is 0 Å². The second-order valence-electron chi connectivity index (χ2n) is 4.54. The number of carbonyl (C=O) groups excluding carboxylic acids is 1. The molecule has 0 aliphatic heterocycles. The fourth-order valence-electron chi connectivity index (χ4n) is 2.13. The molecule has 110 valence electrons. The summed E-state index contributed by atoms with van der Waals surface area (Å²) in [4.78, 5) is 12.1. The smallest absolute Gasteiger partial charge is 0.313 e. The molecule has 0 aliphatic rings. The zero-order valence-electron chi connectivity index (χ0n) is 11.3. The summed E-state index contributed by atoms with van der Waals surface area (Å²) in [5.41, 5.74) is 1.72. The van der Waals surface area contributed by atoms with Crippen molar-refractivity contribution >= 4 is 45.1 Å². The number of halogens is 3. The molecule has 1 unspecified atom stereocenters. The van der Waals surface area contributed by atoms with Gasteiger partial charge in [-0.05, 0) is 35.7 Å². The van der Waals surface area contributed by atoms with Gasteiger partial charge in [0.1, 0.15) is 0 Å². The van der Waals surface area contributed by atoms with Gasteiger partial charge in [0.05, 0.1) is 13.0 Å². The van der Waals surface area contributed by atoms with Crippen LogP contribution < -0.4 is 0 Å². The molecule has 0 bridgehead atoms. The summed E-state index contributed by atoms with van der Waals surface area (Å²) in [6, 6.07) is 12.9. The number of benzene rings is 2. The Labute approximate surface area is 142 Å². The molecule has 0 saturated heterocycles. The van der Waals surface area contributed by atoms with Gasteiger partial charge in [0, 0.05) is 14.5 Å². The molecule has 1 atom stereocenters. The molecule has 2 aromatic rings. The first kappa shape index (κ1) is 16.3. The third-order valence-corrected chi connectivity index (χ3v) is 4.54. The van der Waals surface area contributed by atoms with Crippen molar-refractivity contribution < 1.29 is 9.53 Å². The summed E-state index contributed by atoms with van der Waals surface area (Å²) >= 11 is 15.6. The van der Waals surface area contributed by atoms with Crippen LogP contribution in [-0.4, -0.2) is 13.1 Å². The zero-order chi connectivity index (χ0) is 15.4. The highest BCUT2D eigenvalue weighted by molar-refractivity contribution is 9.10. The highest BCUT2D eigenvalue weighted by Crippen LogP contribution is 2.32. The molecular weight excluding hydrogens is 375 g/mol. The van der Waals surface area contributed by atoms with Gasteiger partial charge in [-0.25, -0.2) is 0 Å². The Morgan fingerprint density at radius 2 is 1.95 bits per heavy atom. The lowest BCUT2D eigenvalue weighted by molar-refractivity contribution is -0.142. The van der Waals surface area contributed by atoms with Crippen molar-refractivity contribution in [3.05, 3.63) is 68.1 Å². The van der Waals surface area contributed by atoms with E-state index in [2.05, 4.69) is 15.9 Å². The molecule has 21 heavy (non-hydrogen) atoms. The number of ether oxygens (including phenoxy) is 1. The van der Waals surface area contributed by atoms with E-state index in [1.165, 1.54) is 7.11 Å². The number of rotatable bonds is 4. The average molecular weight is 388 g/mol. The van der Waals surface area contributed by atoms with Crippen LogP contribution in [0.4, 0.5) is 0 Å². The highest BCUT2D eigenvalue weighted by Gasteiger charge is 2.25. The van der Waals surface area contributed by atoms with Gasteiger partial charge in [0.25, 0.3) is 0 Å². The Hall–Kier alpha value is -1.03. The maximum atomic E-state index is 12.1. The van der Waals surface area contributed by atoms with Crippen LogP contribution in [0.1, 0.15) is 17.0 Å². The number of carbonyl (C=O) groups is 1. The summed E-state index contributed by atoms with van der Waals surface area (Å²) in [5.74, 6) is -0.798. The minimum Gasteiger partial charge on any atom is -0.469 e. The molecule has 0 saturated carbocycles. The lowest BCUT2D eigenvalue weighted by Crippen LogP contribution is -2.17. The van der Waals surface area contributed by atoms with Crippen molar-refractivity contribution in [1.82, 2.24) is 0 Å². The molecule has 0 N–H and O–H groups in total. The summed E-state index contributed by atoms with van der Waals surface area (Å²) in [5, 5.41) is 0.998. The molecule has 0 amide bonds. The van der Waals surface area contributed by atoms with Crippen molar-refractivity contribution in [1.29, 1.82) is 0 Å². The fourth-order valence-corrected chi connectivity index (χ4v) is 3.12. The van der Waals surface area contributed by atoms with Crippen molar-refractivity contribution in [3.8, 4) is 0 Å². The summed E-state index contributed by atoms with van der Waals surface area (Å²) in [7, 11) is 1.37.